The smallest absolute Gasteiger partial charge is 0.173 e. The van der Waals surface area contributed by atoms with E-state index in [2.05, 4.69) is 15.0 Å². The van der Waals surface area contributed by atoms with E-state index >= 15 is 0 Å². The molecule has 22 heavy (non-hydrogen) atoms. The van der Waals surface area contributed by atoms with Gasteiger partial charge in [0.2, 0.25) is 0 Å². The van der Waals surface area contributed by atoms with Crippen LogP contribution in [0.2, 0.25) is 0 Å². The molecule has 0 saturated carbocycles. The molecule has 0 bridgehead atoms. The molecule has 4 atom stereocenters. The number of thioether (sulfide) groups is 1. The quantitative estimate of drug-likeness (QED) is 0.729. The molecule has 0 spiro atoms. The zero-order chi connectivity index (χ0) is 15.5. The summed E-state index contributed by atoms with van der Waals surface area (Å²) in [7, 11) is 0. The van der Waals surface area contributed by atoms with Crippen molar-refractivity contribution in [1.29, 1.82) is 0 Å². The monoisotopic (exact) mass is 321 g/mol. The SMILES string of the molecule is O[C@@H]1[C@@H](O)[C@@H](Oc2cncc(-c3cncnc3)c2)SC[C@H]1O. The lowest BCUT2D eigenvalue weighted by atomic mass is 10.1. The van der Waals surface area contributed by atoms with Gasteiger partial charge in [0.25, 0.3) is 0 Å². The van der Waals surface area contributed by atoms with Crippen LogP contribution in [-0.2, 0) is 0 Å². The molecule has 7 nitrogen and oxygen atoms in total. The standard InChI is InChI=1S/C14H15N3O4S/c18-11-6-22-14(13(20)12(11)19)21-10-1-8(2-15-5-10)9-3-16-7-17-4-9/h1-5,7,11-14,18-20H,6H2/t11-,12+,13-,14+/m1/s1. The summed E-state index contributed by atoms with van der Waals surface area (Å²) in [4.78, 5) is 12.0. The second-order valence-electron chi connectivity index (χ2n) is 4.90. The number of ether oxygens (including phenoxy) is 1. The molecule has 0 unspecified atom stereocenters. The van der Waals surface area contributed by atoms with Gasteiger partial charge in [0.1, 0.15) is 24.3 Å². The molecule has 8 heteroatoms. The molecule has 1 aliphatic rings. The highest BCUT2D eigenvalue weighted by atomic mass is 32.2. The summed E-state index contributed by atoms with van der Waals surface area (Å²) in [6.45, 7) is 0. The Hall–Kier alpha value is -1.74. The zero-order valence-electron chi connectivity index (χ0n) is 11.5. The van der Waals surface area contributed by atoms with Crippen molar-refractivity contribution in [3.05, 3.63) is 37.2 Å². The van der Waals surface area contributed by atoms with Crippen LogP contribution in [-0.4, -0.2) is 59.8 Å². The minimum atomic E-state index is -1.22. The Morgan fingerprint density at radius 1 is 0.955 bits per heavy atom. The number of hydrogen-bond donors (Lipinski definition) is 3. The lowest BCUT2D eigenvalue weighted by Crippen LogP contribution is -2.50. The van der Waals surface area contributed by atoms with Crippen LogP contribution in [0.1, 0.15) is 0 Å². The molecule has 3 heterocycles. The minimum Gasteiger partial charge on any atom is -0.475 e. The van der Waals surface area contributed by atoms with Crippen molar-refractivity contribution >= 4 is 11.8 Å². The van der Waals surface area contributed by atoms with Gasteiger partial charge in [0.05, 0.1) is 12.3 Å². The van der Waals surface area contributed by atoms with Crippen molar-refractivity contribution in [3.63, 3.8) is 0 Å². The fourth-order valence-corrected chi connectivity index (χ4v) is 3.23. The van der Waals surface area contributed by atoms with E-state index in [9.17, 15) is 15.3 Å². The van der Waals surface area contributed by atoms with Gasteiger partial charge in [0, 0.05) is 35.5 Å². The first-order valence-electron chi connectivity index (χ1n) is 6.68. The van der Waals surface area contributed by atoms with Crippen molar-refractivity contribution in [2.75, 3.05) is 5.75 Å². The number of aliphatic hydroxyl groups excluding tert-OH is 3. The highest BCUT2D eigenvalue weighted by Crippen LogP contribution is 2.30. The number of aromatic nitrogens is 3. The summed E-state index contributed by atoms with van der Waals surface area (Å²) in [5.41, 5.74) is 0.921. The van der Waals surface area contributed by atoms with Crippen LogP contribution >= 0.6 is 11.8 Å². The predicted octanol–water partition coefficient (Wildman–Crippen LogP) is 0.0730. The molecular formula is C14H15N3O4S. The molecule has 0 amide bonds. The van der Waals surface area contributed by atoms with Crippen LogP contribution in [0.4, 0.5) is 0 Å². The fraction of sp³-hybridized carbons (Fsp3) is 0.357. The molecule has 1 aliphatic heterocycles. The Morgan fingerprint density at radius 2 is 1.68 bits per heavy atom. The van der Waals surface area contributed by atoms with Crippen LogP contribution in [0.15, 0.2) is 37.2 Å². The van der Waals surface area contributed by atoms with Gasteiger partial charge >= 0.3 is 0 Å². The lowest BCUT2D eigenvalue weighted by Gasteiger charge is -2.34. The molecule has 0 radical (unpaired) electrons. The molecule has 0 aliphatic carbocycles. The maximum absolute atomic E-state index is 9.96. The molecule has 3 N–H and O–H groups in total. The first kappa shape index (κ1) is 15.2. The van der Waals surface area contributed by atoms with Crippen molar-refractivity contribution in [3.8, 4) is 16.9 Å². The van der Waals surface area contributed by atoms with Gasteiger partial charge in [-0.05, 0) is 6.07 Å². The highest BCUT2D eigenvalue weighted by Gasteiger charge is 2.38. The summed E-state index contributed by atoms with van der Waals surface area (Å²) in [6, 6.07) is 1.76. The van der Waals surface area contributed by atoms with E-state index in [4.69, 9.17) is 4.74 Å². The molecular weight excluding hydrogens is 306 g/mol. The van der Waals surface area contributed by atoms with Gasteiger partial charge in [-0.25, -0.2) is 9.97 Å². The number of aliphatic hydroxyl groups is 3. The molecule has 116 valence electrons. The van der Waals surface area contributed by atoms with Gasteiger partial charge in [-0.2, -0.15) is 0 Å². The summed E-state index contributed by atoms with van der Waals surface area (Å²) in [5, 5.41) is 29.2. The van der Waals surface area contributed by atoms with Crippen LogP contribution in [0.3, 0.4) is 0 Å². The van der Waals surface area contributed by atoms with Gasteiger partial charge in [-0.15, -0.1) is 11.8 Å². The van der Waals surface area contributed by atoms with Crippen molar-refractivity contribution in [2.45, 2.75) is 23.7 Å². The van der Waals surface area contributed by atoms with Crippen LogP contribution in [0, 0.1) is 0 Å². The average Bonchev–Trinajstić information content (AvgIpc) is 2.57. The van der Waals surface area contributed by atoms with Gasteiger partial charge in [-0.1, -0.05) is 0 Å². The zero-order valence-corrected chi connectivity index (χ0v) is 12.3. The van der Waals surface area contributed by atoms with E-state index in [0.717, 1.165) is 11.1 Å². The van der Waals surface area contributed by atoms with Crippen molar-refractivity contribution in [1.82, 2.24) is 15.0 Å². The Bertz CT molecular complexity index is 630. The van der Waals surface area contributed by atoms with Gasteiger partial charge in [0.15, 0.2) is 5.44 Å². The highest BCUT2D eigenvalue weighted by molar-refractivity contribution is 7.99. The van der Waals surface area contributed by atoms with E-state index in [1.165, 1.54) is 24.3 Å². The maximum Gasteiger partial charge on any atom is 0.173 e. The van der Waals surface area contributed by atoms with E-state index < -0.39 is 23.7 Å². The Balaban J connectivity index is 1.76. The van der Waals surface area contributed by atoms with Gasteiger partial charge < -0.3 is 20.1 Å². The molecule has 2 aromatic heterocycles. The number of hydrogen-bond acceptors (Lipinski definition) is 8. The fourth-order valence-electron chi connectivity index (χ4n) is 2.11. The average molecular weight is 321 g/mol. The van der Waals surface area contributed by atoms with Crippen LogP contribution in [0.5, 0.6) is 5.75 Å². The Morgan fingerprint density at radius 3 is 2.45 bits per heavy atom. The first-order chi connectivity index (χ1) is 10.6. The van der Waals surface area contributed by atoms with E-state index in [-0.39, 0.29) is 0 Å². The second kappa shape index (κ2) is 6.57. The third-order valence-corrected chi connectivity index (χ3v) is 4.55. The third kappa shape index (κ3) is 3.20. The van der Waals surface area contributed by atoms with E-state index in [0.29, 0.717) is 11.5 Å². The third-order valence-electron chi connectivity index (χ3n) is 3.31. The maximum atomic E-state index is 9.96. The summed E-state index contributed by atoms with van der Waals surface area (Å²) in [5.74, 6) is 0.754. The molecule has 0 aromatic carbocycles. The summed E-state index contributed by atoms with van der Waals surface area (Å²) in [6.07, 6.45) is 4.62. The number of pyridine rings is 1. The van der Waals surface area contributed by atoms with Crippen molar-refractivity contribution < 1.29 is 20.1 Å². The van der Waals surface area contributed by atoms with Crippen molar-refractivity contribution in [2.24, 2.45) is 0 Å². The summed E-state index contributed by atoms with van der Waals surface area (Å²) >= 11 is 1.24. The lowest BCUT2D eigenvalue weighted by molar-refractivity contribution is -0.0786. The molecule has 1 saturated heterocycles. The van der Waals surface area contributed by atoms with Gasteiger partial charge in [-0.3, -0.25) is 4.98 Å². The minimum absolute atomic E-state index is 0.294. The predicted molar refractivity (Wildman–Crippen MR) is 80.2 cm³/mol. The second-order valence-corrected chi connectivity index (χ2v) is 6.04. The van der Waals surface area contributed by atoms with E-state index in [1.807, 2.05) is 0 Å². The van der Waals surface area contributed by atoms with Crippen LogP contribution < -0.4 is 4.74 Å². The molecule has 2 aromatic rings. The first-order valence-corrected chi connectivity index (χ1v) is 7.73. The number of nitrogens with zero attached hydrogens (tertiary/aromatic N) is 3. The topological polar surface area (TPSA) is 109 Å². The molecule has 3 rings (SSSR count). The Labute approximate surface area is 131 Å². The normalized spacial score (nSPS) is 28.3. The summed E-state index contributed by atoms with van der Waals surface area (Å²) < 4.78 is 5.69. The van der Waals surface area contributed by atoms with E-state index in [1.54, 1.807) is 24.7 Å². The number of rotatable bonds is 3. The largest absolute Gasteiger partial charge is 0.475 e. The van der Waals surface area contributed by atoms with Crippen LogP contribution in [0.25, 0.3) is 11.1 Å². The molecule has 1 fully saturated rings. The Kier molecular flexibility index (Phi) is 4.53.